The Morgan fingerprint density at radius 2 is 1.63 bits per heavy atom. The summed E-state index contributed by atoms with van der Waals surface area (Å²) in [5.74, 6) is -12.7. The van der Waals surface area contributed by atoms with Gasteiger partial charge >= 0.3 is 0 Å². The molecule has 1 aliphatic carbocycles. The van der Waals surface area contributed by atoms with Crippen molar-refractivity contribution in [1.29, 1.82) is 0 Å². The van der Waals surface area contributed by atoms with Crippen molar-refractivity contribution in [1.82, 2.24) is 24.3 Å². The van der Waals surface area contributed by atoms with Crippen LogP contribution in [0, 0.1) is 29.1 Å². The number of carbonyl (C=O) groups is 1. The van der Waals surface area contributed by atoms with Gasteiger partial charge in [-0.1, -0.05) is 50.2 Å². The molecule has 1 amide bonds. The zero-order chi connectivity index (χ0) is 36.7. The lowest BCUT2D eigenvalue weighted by molar-refractivity contribution is -0.125. The highest BCUT2D eigenvalue weighted by Crippen LogP contribution is 2.36. The highest BCUT2D eigenvalue weighted by atomic mass is 32.2. The summed E-state index contributed by atoms with van der Waals surface area (Å²) in [6, 6.07) is 8.08. The van der Waals surface area contributed by atoms with E-state index in [1.165, 1.54) is 16.0 Å². The Morgan fingerprint density at radius 3 is 2.24 bits per heavy atom. The Bertz CT molecular complexity index is 2010. The molecule has 2 aromatic heterocycles. The van der Waals surface area contributed by atoms with Gasteiger partial charge < -0.3 is 9.64 Å². The third-order valence-corrected chi connectivity index (χ3v) is 13.2. The highest BCUT2D eigenvalue weighted by Gasteiger charge is 2.48. The monoisotopic (exact) mass is 750 g/mol. The van der Waals surface area contributed by atoms with E-state index >= 15 is 0 Å². The summed E-state index contributed by atoms with van der Waals surface area (Å²) in [5, 5.41) is 8.37. The highest BCUT2D eigenvalue weighted by molar-refractivity contribution is 7.89. The van der Waals surface area contributed by atoms with Crippen LogP contribution in [0.1, 0.15) is 55.7 Å². The van der Waals surface area contributed by atoms with Crippen molar-refractivity contribution < 1.29 is 39.9 Å². The van der Waals surface area contributed by atoms with Crippen molar-refractivity contribution in [2.75, 3.05) is 18.1 Å². The molecule has 1 aliphatic heterocycles. The number of sulfonamides is 1. The zero-order valence-corrected chi connectivity index (χ0v) is 30.3. The first-order valence-corrected chi connectivity index (χ1v) is 22.0. The normalized spacial score (nSPS) is 17.5. The van der Waals surface area contributed by atoms with Crippen LogP contribution < -0.4 is 4.90 Å². The number of benzene rings is 2. The Hall–Kier alpha value is -3.80. The first-order valence-electron chi connectivity index (χ1n) is 16.9. The fraction of sp³-hybridized carbons (Fsp3) is 0.471. The fourth-order valence-electron chi connectivity index (χ4n) is 6.42. The van der Waals surface area contributed by atoms with Crippen molar-refractivity contribution in [3.63, 3.8) is 0 Å². The standard InChI is InChI=1S/C34H39F5N6O4SSi/c1-51(2,3)16-15-49-20-44-27-17-24(11-12-25(27)41-42-44)43(19-23-10-9-22(18-40-23)21-7-5-4-6-8-21)34(46)26-13-14-45(26)50(47,48)33-31(38)29(36)28(35)30(37)32(33)39/h9-12,17-18,21,26H,4-8,13-16,19-20H2,1-3H3/t26-/m1/s1. The zero-order valence-electron chi connectivity index (χ0n) is 28.5. The number of carbonyl (C=O) groups excluding carboxylic acids is 1. The van der Waals surface area contributed by atoms with Gasteiger partial charge in [-0.2, -0.15) is 4.31 Å². The van der Waals surface area contributed by atoms with Crippen molar-refractivity contribution in [2.45, 2.75) is 94.3 Å². The topological polar surface area (TPSA) is 111 Å². The molecule has 1 saturated heterocycles. The molecular formula is C34H39F5N6O4SSi. The SMILES string of the molecule is C[Si](C)(C)CCOCn1nnc2ccc(N(Cc3ccc(C4CCCCC4)cn3)C(=O)[C@H]3CCN3S(=O)(=O)c3c(F)c(F)c(F)c(F)c3F)cc21. The molecule has 2 aromatic carbocycles. The number of halogens is 5. The maximum atomic E-state index is 14.7. The number of pyridine rings is 1. The van der Waals surface area contributed by atoms with Crippen LogP contribution in [0.5, 0.6) is 0 Å². The molecule has 6 rings (SSSR count). The first kappa shape index (κ1) is 37.0. The molecule has 3 heterocycles. The summed E-state index contributed by atoms with van der Waals surface area (Å²) in [6.07, 6.45) is 7.30. The minimum Gasteiger partial charge on any atom is -0.359 e. The average Bonchev–Trinajstić information content (AvgIpc) is 3.48. The van der Waals surface area contributed by atoms with Crippen LogP contribution in [0.4, 0.5) is 27.6 Å². The molecular weight excluding hydrogens is 712 g/mol. The van der Waals surface area contributed by atoms with Gasteiger partial charge in [0.15, 0.2) is 28.2 Å². The number of nitrogens with zero attached hydrogens (tertiary/aromatic N) is 6. The summed E-state index contributed by atoms with van der Waals surface area (Å²) >= 11 is 0. The maximum Gasteiger partial charge on any atom is 0.249 e. The van der Waals surface area contributed by atoms with Gasteiger partial charge in [-0.25, -0.2) is 35.1 Å². The second-order valence-corrected chi connectivity index (χ2v) is 21.7. The molecule has 0 spiro atoms. The van der Waals surface area contributed by atoms with Crippen molar-refractivity contribution in [3.05, 3.63) is 76.9 Å². The molecule has 0 bridgehead atoms. The molecule has 1 saturated carbocycles. The number of amides is 1. The summed E-state index contributed by atoms with van der Waals surface area (Å²) in [5.41, 5.74) is 2.92. The van der Waals surface area contributed by atoms with Gasteiger partial charge in [0.05, 0.1) is 17.8 Å². The molecule has 2 aliphatic rings. The van der Waals surface area contributed by atoms with Crippen molar-refractivity contribution in [3.8, 4) is 0 Å². The molecule has 0 N–H and O–H groups in total. The predicted octanol–water partition coefficient (Wildman–Crippen LogP) is 6.88. The van der Waals surface area contributed by atoms with Crippen LogP contribution in [0.2, 0.25) is 25.7 Å². The van der Waals surface area contributed by atoms with E-state index in [4.69, 9.17) is 4.74 Å². The van der Waals surface area contributed by atoms with Crippen LogP contribution in [-0.4, -0.2) is 65.9 Å². The van der Waals surface area contributed by atoms with Gasteiger partial charge in [0, 0.05) is 33.1 Å². The molecule has 2 fully saturated rings. The Labute approximate surface area is 293 Å². The van der Waals surface area contributed by atoms with Gasteiger partial charge in [-0.3, -0.25) is 9.78 Å². The van der Waals surface area contributed by atoms with E-state index in [0.29, 0.717) is 39.2 Å². The van der Waals surface area contributed by atoms with Crippen LogP contribution in [0.25, 0.3) is 11.0 Å². The minimum absolute atomic E-state index is 0.0648. The molecule has 274 valence electrons. The summed E-state index contributed by atoms with van der Waals surface area (Å²) in [7, 11) is -6.69. The van der Waals surface area contributed by atoms with Crippen LogP contribution in [-0.2, 0) is 32.8 Å². The summed E-state index contributed by atoms with van der Waals surface area (Å²) in [6.45, 7) is 6.82. The first-order chi connectivity index (χ1) is 24.2. The smallest absolute Gasteiger partial charge is 0.249 e. The Morgan fingerprint density at radius 1 is 0.941 bits per heavy atom. The molecule has 1 atom stereocenters. The molecule has 51 heavy (non-hydrogen) atoms. The number of anilines is 1. The average molecular weight is 751 g/mol. The lowest BCUT2D eigenvalue weighted by Crippen LogP contribution is -2.59. The third-order valence-electron chi connectivity index (χ3n) is 9.52. The van der Waals surface area contributed by atoms with Crippen molar-refractivity contribution in [2.24, 2.45) is 0 Å². The van der Waals surface area contributed by atoms with Gasteiger partial charge in [0.1, 0.15) is 18.3 Å². The van der Waals surface area contributed by atoms with Gasteiger partial charge in [-0.15, -0.1) is 5.10 Å². The Kier molecular flexibility index (Phi) is 10.6. The number of rotatable bonds is 12. The van der Waals surface area contributed by atoms with Crippen LogP contribution in [0.15, 0.2) is 41.4 Å². The molecule has 17 heteroatoms. The van der Waals surface area contributed by atoms with Gasteiger partial charge in [0.2, 0.25) is 21.7 Å². The third kappa shape index (κ3) is 7.57. The van der Waals surface area contributed by atoms with E-state index in [1.807, 2.05) is 6.07 Å². The summed E-state index contributed by atoms with van der Waals surface area (Å²) < 4.78 is 106. The molecule has 0 radical (unpaired) electrons. The van der Waals surface area contributed by atoms with E-state index < -0.39 is 64.0 Å². The maximum absolute atomic E-state index is 14.7. The lowest BCUT2D eigenvalue weighted by atomic mass is 9.85. The number of hydrogen-bond donors (Lipinski definition) is 0. The number of hydrogen-bond acceptors (Lipinski definition) is 7. The van der Waals surface area contributed by atoms with E-state index in [0.717, 1.165) is 37.3 Å². The van der Waals surface area contributed by atoms with Gasteiger partial charge in [-0.05, 0) is 61.1 Å². The quantitative estimate of drug-likeness (QED) is 0.0511. The van der Waals surface area contributed by atoms with E-state index in [1.54, 1.807) is 30.5 Å². The lowest BCUT2D eigenvalue weighted by Gasteiger charge is -2.41. The number of fused-ring (bicyclic) bond motifs is 1. The van der Waals surface area contributed by atoms with Crippen LogP contribution in [0.3, 0.4) is 0 Å². The van der Waals surface area contributed by atoms with Crippen LogP contribution >= 0.6 is 0 Å². The number of aromatic nitrogens is 4. The predicted molar refractivity (Wildman–Crippen MR) is 181 cm³/mol. The van der Waals surface area contributed by atoms with E-state index in [9.17, 15) is 35.2 Å². The van der Waals surface area contributed by atoms with Gasteiger partial charge in [0.25, 0.3) is 0 Å². The molecule has 10 nitrogen and oxygen atoms in total. The summed E-state index contributed by atoms with van der Waals surface area (Å²) in [4.78, 5) is 18.2. The fourth-order valence-corrected chi connectivity index (χ4v) is 8.92. The second-order valence-electron chi connectivity index (χ2n) is 14.3. The minimum atomic E-state index is -5.35. The van der Waals surface area contributed by atoms with E-state index in [-0.39, 0.29) is 26.2 Å². The molecule has 4 aromatic rings. The van der Waals surface area contributed by atoms with E-state index in [2.05, 4.69) is 34.9 Å². The van der Waals surface area contributed by atoms with Crippen molar-refractivity contribution >= 4 is 40.7 Å². The largest absolute Gasteiger partial charge is 0.359 e. The molecule has 0 unspecified atom stereocenters. The second kappa shape index (κ2) is 14.7. The Balaban J connectivity index is 1.32. The number of ether oxygens (including phenoxy) is 1.